The average molecular weight is 308 g/mol. The van der Waals surface area contributed by atoms with Gasteiger partial charge in [-0.15, -0.1) is 0 Å². The van der Waals surface area contributed by atoms with E-state index >= 15 is 0 Å². The molecule has 1 N–H and O–H groups in total. The molecule has 0 aliphatic rings. The zero-order valence-corrected chi connectivity index (χ0v) is 12.3. The van der Waals surface area contributed by atoms with Crippen molar-refractivity contribution in [2.75, 3.05) is 11.9 Å². The van der Waals surface area contributed by atoms with Gasteiger partial charge in [0.2, 0.25) is 0 Å². The molecule has 0 bridgehead atoms. The van der Waals surface area contributed by atoms with E-state index in [4.69, 9.17) is 16.3 Å². The van der Waals surface area contributed by atoms with E-state index in [0.29, 0.717) is 23.7 Å². The maximum Gasteiger partial charge on any atom is 0.338 e. The van der Waals surface area contributed by atoms with Gasteiger partial charge in [0.05, 0.1) is 12.2 Å². The lowest BCUT2D eigenvalue weighted by atomic mass is 10.2. The third-order valence-electron chi connectivity index (χ3n) is 2.89. The number of benzene rings is 2. The summed E-state index contributed by atoms with van der Waals surface area (Å²) in [5.74, 6) is -0.701. The monoisotopic (exact) mass is 307 g/mol. The number of esters is 1. The number of nitrogens with one attached hydrogen (secondary N) is 1. The van der Waals surface area contributed by atoms with Gasteiger partial charge in [-0.1, -0.05) is 17.7 Å². The summed E-state index contributed by atoms with van der Waals surface area (Å²) in [6.45, 7) is 2.58. The van der Waals surface area contributed by atoms with E-state index in [1.807, 2.05) is 0 Å². The second-order valence-electron chi connectivity index (χ2n) is 4.39. The first-order valence-corrected chi connectivity index (χ1v) is 6.93. The molecule has 0 aromatic heterocycles. The molecule has 0 atom stereocenters. The summed E-state index contributed by atoms with van der Waals surface area (Å²) >= 11 is 5.96. The van der Waals surface area contributed by atoms with Gasteiger partial charge in [0.1, 0.15) is 5.82 Å². The number of carbonyl (C=O) groups excluding carboxylic acids is 1. The van der Waals surface area contributed by atoms with Crippen LogP contribution in [0.1, 0.15) is 22.8 Å². The van der Waals surface area contributed by atoms with Crippen molar-refractivity contribution in [3.63, 3.8) is 0 Å². The summed E-state index contributed by atoms with van der Waals surface area (Å²) in [5.41, 5.74) is 2.14. The molecule has 0 unspecified atom stereocenters. The summed E-state index contributed by atoms with van der Waals surface area (Å²) in [7, 11) is 0. The van der Waals surface area contributed by atoms with Crippen LogP contribution in [0.3, 0.4) is 0 Å². The van der Waals surface area contributed by atoms with Gasteiger partial charge in [-0.2, -0.15) is 0 Å². The Hall–Kier alpha value is -2.07. The number of ether oxygens (including phenoxy) is 1. The molecule has 0 fully saturated rings. The maximum atomic E-state index is 12.9. The molecule has 2 aromatic carbocycles. The SMILES string of the molecule is CCOC(=O)c1ccc(NCc2ccc(F)cc2Cl)cc1. The van der Waals surface area contributed by atoms with Crippen LogP contribution < -0.4 is 5.32 Å². The largest absolute Gasteiger partial charge is 0.462 e. The van der Waals surface area contributed by atoms with Gasteiger partial charge in [0, 0.05) is 17.3 Å². The Balaban J connectivity index is 1.99. The van der Waals surface area contributed by atoms with Crippen LogP contribution in [0.5, 0.6) is 0 Å². The van der Waals surface area contributed by atoms with Gasteiger partial charge in [-0.25, -0.2) is 9.18 Å². The normalized spacial score (nSPS) is 10.2. The summed E-state index contributed by atoms with van der Waals surface area (Å²) in [5, 5.41) is 3.54. The lowest BCUT2D eigenvalue weighted by molar-refractivity contribution is 0.0526. The number of hydrogen-bond donors (Lipinski definition) is 1. The predicted molar refractivity (Wildman–Crippen MR) is 81.1 cm³/mol. The fraction of sp³-hybridized carbons (Fsp3) is 0.188. The molecule has 2 aromatic rings. The Bertz CT molecular complexity index is 629. The molecule has 110 valence electrons. The van der Waals surface area contributed by atoms with E-state index in [2.05, 4.69) is 5.32 Å². The second-order valence-corrected chi connectivity index (χ2v) is 4.79. The average Bonchev–Trinajstić information content (AvgIpc) is 2.47. The standard InChI is InChI=1S/C16H15ClFNO2/c1-2-21-16(20)11-4-7-14(8-5-11)19-10-12-3-6-13(18)9-15(12)17/h3-9,19H,2,10H2,1H3. The van der Waals surface area contributed by atoms with Gasteiger partial charge in [0.15, 0.2) is 0 Å². The minimum absolute atomic E-state index is 0.342. The zero-order valence-electron chi connectivity index (χ0n) is 11.5. The Morgan fingerprint density at radius 2 is 1.95 bits per heavy atom. The molecule has 0 aliphatic heterocycles. The fourth-order valence-corrected chi connectivity index (χ4v) is 2.03. The number of rotatable bonds is 5. The Morgan fingerprint density at radius 3 is 2.57 bits per heavy atom. The molecule has 0 saturated carbocycles. The van der Waals surface area contributed by atoms with Crippen molar-refractivity contribution in [3.8, 4) is 0 Å². The first-order chi connectivity index (χ1) is 10.1. The topological polar surface area (TPSA) is 38.3 Å². The minimum atomic E-state index is -0.359. The molecular weight excluding hydrogens is 293 g/mol. The lowest BCUT2D eigenvalue weighted by Gasteiger charge is -2.09. The van der Waals surface area contributed by atoms with E-state index < -0.39 is 0 Å². The molecule has 0 radical (unpaired) electrons. The van der Waals surface area contributed by atoms with Crippen molar-refractivity contribution >= 4 is 23.3 Å². The van der Waals surface area contributed by atoms with E-state index in [-0.39, 0.29) is 11.8 Å². The molecule has 5 heteroatoms. The van der Waals surface area contributed by atoms with Crippen LogP contribution in [0, 0.1) is 5.82 Å². The highest BCUT2D eigenvalue weighted by Gasteiger charge is 2.06. The van der Waals surface area contributed by atoms with Crippen LogP contribution in [-0.2, 0) is 11.3 Å². The molecule has 21 heavy (non-hydrogen) atoms. The first-order valence-electron chi connectivity index (χ1n) is 6.55. The molecule has 3 nitrogen and oxygen atoms in total. The second kappa shape index (κ2) is 7.09. The molecule has 2 rings (SSSR count). The van der Waals surface area contributed by atoms with Crippen molar-refractivity contribution in [1.82, 2.24) is 0 Å². The van der Waals surface area contributed by atoms with Gasteiger partial charge >= 0.3 is 5.97 Å². The van der Waals surface area contributed by atoms with Crippen LogP contribution in [-0.4, -0.2) is 12.6 Å². The summed E-state index contributed by atoms with van der Waals surface area (Å²) < 4.78 is 17.9. The summed E-state index contributed by atoms with van der Waals surface area (Å²) in [6, 6.07) is 11.2. The first kappa shape index (κ1) is 15.3. The molecule has 0 heterocycles. The van der Waals surface area contributed by atoms with Crippen LogP contribution in [0.15, 0.2) is 42.5 Å². The van der Waals surface area contributed by atoms with Crippen LogP contribution in [0.2, 0.25) is 5.02 Å². The Morgan fingerprint density at radius 1 is 1.24 bits per heavy atom. The molecule has 0 aliphatic carbocycles. The van der Waals surface area contributed by atoms with Crippen LogP contribution in [0.25, 0.3) is 0 Å². The zero-order chi connectivity index (χ0) is 15.2. The predicted octanol–water partition coefficient (Wildman–Crippen LogP) is 4.27. The number of anilines is 1. The molecule has 0 amide bonds. The van der Waals surface area contributed by atoms with Crippen LogP contribution >= 0.6 is 11.6 Å². The number of hydrogen-bond acceptors (Lipinski definition) is 3. The number of halogens is 2. The smallest absolute Gasteiger partial charge is 0.338 e. The highest BCUT2D eigenvalue weighted by molar-refractivity contribution is 6.31. The molecule has 0 saturated heterocycles. The molecule has 0 spiro atoms. The number of carbonyl (C=O) groups is 1. The van der Waals surface area contributed by atoms with Gasteiger partial charge in [0.25, 0.3) is 0 Å². The van der Waals surface area contributed by atoms with Crippen molar-refractivity contribution in [2.45, 2.75) is 13.5 Å². The van der Waals surface area contributed by atoms with Gasteiger partial charge in [-0.3, -0.25) is 0 Å². The highest BCUT2D eigenvalue weighted by atomic mass is 35.5. The van der Waals surface area contributed by atoms with Crippen molar-refractivity contribution in [1.29, 1.82) is 0 Å². The lowest BCUT2D eigenvalue weighted by Crippen LogP contribution is -2.05. The fourth-order valence-electron chi connectivity index (χ4n) is 1.80. The third-order valence-corrected chi connectivity index (χ3v) is 3.25. The van der Waals surface area contributed by atoms with Gasteiger partial charge < -0.3 is 10.1 Å². The van der Waals surface area contributed by atoms with Crippen LogP contribution in [0.4, 0.5) is 10.1 Å². The maximum absolute atomic E-state index is 12.9. The Labute approximate surface area is 127 Å². The van der Waals surface area contributed by atoms with Gasteiger partial charge in [-0.05, 0) is 48.9 Å². The quantitative estimate of drug-likeness (QED) is 0.838. The van der Waals surface area contributed by atoms with E-state index in [9.17, 15) is 9.18 Å². The van der Waals surface area contributed by atoms with E-state index in [0.717, 1.165) is 11.3 Å². The minimum Gasteiger partial charge on any atom is -0.462 e. The van der Waals surface area contributed by atoms with E-state index in [1.54, 1.807) is 37.3 Å². The Kier molecular flexibility index (Phi) is 5.17. The summed E-state index contributed by atoms with van der Waals surface area (Å²) in [6.07, 6.45) is 0. The summed E-state index contributed by atoms with van der Waals surface area (Å²) in [4.78, 5) is 11.5. The molecular formula is C16H15ClFNO2. The van der Waals surface area contributed by atoms with Crippen molar-refractivity contribution < 1.29 is 13.9 Å². The van der Waals surface area contributed by atoms with E-state index in [1.165, 1.54) is 12.1 Å². The third kappa shape index (κ3) is 4.20. The van der Waals surface area contributed by atoms with Crippen molar-refractivity contribution in [2.24, 2.45) is 0 Å². The van der Waals surface area contributed by atoms with Crippen molar-refractivity contribution in [3.05, 3.63) is 64.4 Å². The highest BCUT2D eigenvalue weighted by Crippen LogP contribution is 2.19.